The van der Waals surface area contributed by atoms with Crippen LogP contribution in [0, 0.1) is 5.92 Å². The van der Waals surface area contributed by atoms with Gasteiger partial charge in [-0.2, -0.15) is 0 Å². The minimum atomic E-state index is 0.559. The summed E-state index contributed by atoms with van der Waals surface area (Å²) >= 11 is 0. The summed E-state index contributed by atoms with van der Waals surface area (Å²) in [6, 6.07) is 5.19. The highest BCUT2D eigenvalue weighted by atomic mass is 16.3. The van der Waals surface area contributed by atoms with Crippen LogP contribution in [-0.4, -0.2) is 12.1 Å². The van der Waals surface area contributed by atoms with Crippen LogP contribution in [0.4, 0.5) is 0 Å². The second kappa shape index (κ2) is 8.36. The van der Waals surface area contributed by atoms with Gasteiger partial charge < -0.3 is 9.73 Å². The molecule has 2 heteroatoms. The Bertz CT molecular complexity index is 292. The van der Waals surface area contributed by atoms with E-state index in [0.717, 1.165) is 24.5 Å². The van der Waals surface area contributed by atoms with Gasteiger partial charge in [0.15, 0.2) is 0 Å². The minimum Gasteiger partial charge on any atom is -0.469 e. The number of aryl methyl sites for hydroxylation is 1. The molecule has 0 saturated carbocycles. The molecule has 0 radical (unpaired) electrons. The highest BCUT2D eigenvalue weighted by molar-refractivity contribution is 4.98. The van der Waals surface area contributed by atoms with E-state index in [1.807, 2.05) is 6.07 Å². The molecule has 0 spiro atoms. The monoisotopic (exact) mass is 251 g/mol. The SMILES string of the molecule is CC(C)CCCC(C)NC(C)CCc1ccco1. The van der Waals surface area contributed by atoms with E-state index in [4.69, 9.17) is 4.42 Å². The van der Waals surface area contributed by atoms with Gasteiger partial charge in [0.1, 0.15) is 5.76 Å². The van der Waals surface area contributed by atoms with Crippen LogP contribution in [0.2, 0.25) is 0 Å². The molecule has 0 fully saturated rings. The van der Waals surface area contributed by atoms with Crippen molar-refractivity contribution in [3.8, 4) is 0 Å². The molecule has 104 valence electrons. The number of furan rings is 1. The third-order valence-electron chi connectivity index (χ3n) is 3.39. The van der Waals surface area contributed by atoms with E-state index in [1.54, 1.807) is 6.26 Å². The predicted molar refractivity (Wildman–Crippen MR) is 77.8 cm³/mol. The molecule has 2 atom stereocenters. The summed E-state index contributed by atoms with van der Waals surface area (Å²) < 4.78 is 5.35. The van der Waals surface area contributed by atoms with Gasteiger partial charge in [-0.15, -0.1) is 0 Å². The maximum Gasteiger partial charge on any atom is 0.103 e. The Labute approximate surface area is 112 Å². The molecule has 1 rings (SSSR count). The Balaban J connectivity index is 2.09. The van der Waals surface area contributed by atoms with E-state index in [-0.39, 0.29) is 0 Å². The van der Waals surface area contributed by atoms with Crippen LogP contribution in [0.25, 0.3) is 0 Å². The highest BCUT2D eigenvalue weighted by Gasteiger charge is 2.08. The van der Waals surface area contributed by atoms with Gasteiger partial charge in [-0.25, -0.2) is 0 Å². The molecule has 1 heterocycles. The Hall–Kier alpha value is -0.760. The van der Waals surface area contributed by atoms with Crippen molar-refractivity contribution in [3.63, 3.8) is 0 Å². The van der Waals surface area contributed by atoms with Crippen molar-refractivity contribution in [3.05, 3.63) is 24.2 Å². The van der Waals surface area contributed by atoms with Crippen molar-refractivity contribution in [2.45, 2.75) is 71.9 Å². The van der Waals surface area contributed by atoms with Crippen molar-refractivity contribution in [2.24, 2.45) is 5.92 Å². The summed E-state index contributed by atoms with van der Waals surface area (Å²) in [4.78, 5) is 0. The minimum absolute atomic E-state index is 0.559. The summed E-state index contributed by atoms with van der Waals surface area (Å²) in [6.45, 7) is 9.15. The molecule has 0 saturated heterocycles. The maximum absolute atomic E-state index is 5.35. The lowest BCUT2D eigenvalue weighted by atomic mass is 10.0. The van der Waals surface area contributed by atoms with Crippen LogP contribution >= 0.6 is 0 Å². The molecule has 1 N–H and O–H groups in total. The van der Waals surface area contributed by atoms with Crippen molar-refractivity contribution >= 4 is 0 Å². The van der Waals surface area contributed by atoms with Crippen molar-refractivity contribution in [1.29, 1.82) is 0 Å². The van der Waals surface area contributed by atoms with Gasteiger partial charge in [0, 0.05) is 18.5 Å². The first-order valence-electron chi connectivity index (χ1n) is 7.36. The van der Waals surface area contributed by atoms with E-state index in [9.17, 15) is 0 Å². The molecular weight excluding hydrogens is 222 g/mol. The number of nitrogens with one attached hydrogen (secondary N) is 1. The average Bonchev–Trinajstić information content (AvgIpc) is 2.78. The average molecular weight is 251 g/mol. The lowest BCUT2D eigenvalue weighted by molar-refractivity contribution is 0.395. The maximum atomic E-state index is 5.35. The fourth-order valence-corrected chi connectivity index (χ4v) is 2.30. The number of hydrogen-bond acceptors (Lipinski definition) is 2. The standard InChI is InChI=1S/C16H29NO/c1-13(2)7-5-8-14(3)17-15(4)10-11-16-9-6-12-18-16/h6,9,12-15,17H,5,7-8,10-11H2,1-4H3. The van der Waals surface area contributed by atoms with Crippen LogP contribution in [0.5, 0.6) is 0 Å². The fraction of sp³-hybridized carbons (Fsp3) is 0.750. The molecule has 0 aliphatic carbocycles. The molecule has 1 aromatic rings. The molecular formula is C16H29NO. The van der Waals surface area contributed by atoms with Gasteiger partial charge in [-0.3, -0.25) is 0 Å². The molecule has 0 aliphatic heterocycles. The topological polar surface area (TPSA) is 25.2 Å². The molecule has 1 aromatic heterocycles. The van der Waals surface area contributed by atoms with E-state index in [1.165, 1.54) is 19.3 Å². The summed E-state index contributed by atoms with van der Waals surface area (Å²) in [5.41, 5.74) is 0. The van der Waals surface area contributed by atoms with Crippen LogP contribution < -0.4 is 5.32 Å². The lowest BCUT2D eigenvalue weighted by Gasteiger charge is -2.20. The third kappa shape index (κ3) is 6.85. The van der Waals surface area contributed by atoms with Gasteiger partial charge in [-0.05, 0) is 44.7 Å². The third-order valence-corrected chi connectivity index (χ3v) is 3.39. The van der Waals surface area contributed by atoms with Crippen LogP contribution in [0.15, 0.2) is 22.8 Å². The molecule has 18 heavy (non-hydrogen) atoms. The zero-order valence-electron chi connectivity index (χ0n) is 12.4. The fourth-order valence-electron chi connectivity index (χ4n) is 2.30. The van der Waals surface area contributed by atoms with Crippen LogP contribution in [-0.2, 0) is 6.42 Å². The zero-order valence-corrected chi connectivity index (χ0v) is 12.4. The Morgan fingerprint density at radius 2 is 1.78 bits per heavy atom. The summed E-state index contributed by atoms with van der Waals surface area (Å²) in [7, 11) is 0. The molecule has 0 bridgehead atoms. The molecule has 0 aliphatic rings. The van der Waals surface area contributed by atoms with Crippen molar-refractivity contribution < 1.29 is 4.42 Å². The van der Waals surface area contributed by atoms with Gasteiger partial charge >= 0.3 is 0 Å². The van der Waals surface area contributed by atoms with Gasteiger partial charge in [0.05, 0.1) is 6.26 Å². The highest BCUT2D eigenvalue weighted by Crippen LogP contribution is 2.10. The Kier molecular flexibility index (Phi) is 7.11. The normalized spacial score (nSPS) is 14.9. The number of rotatable bonds is 9. The first kappa shape index (κ1) is 15.3. The van der Waals surface area contributed by atoms with Crippen molar-refractivity contribution in [1.82, 2.24) is 5.32 Å². The molecule has 0 aromatic carbocycles. The largest absolute Gasteiger partial charge is 0.469 e. The van der Waals surface area contributed by atoms with Gasteiger partial charge in [-0.1, -0.05) is 26.7 Å². The van der Waals surface area contributed by atoms with E-state index in [0.29, 0.717) is 12.1 Å². The van der Waals surface area contributed by atoms with Crippen LogP contribution in [0.1, 0.15) is 59.1 Å². The summed E-state index contributed by atoms with van der Waals surface area (Å²) in [5.74, 6) is 1.92. The second-order valence-corrected chi connectivity index (χ2v) is 5.91. The Morgan fingerprint density at radius 3 is 2.39 bits per heavy atom. The summed E-state index contributed by atoms with van der Waals surface area (Å²) in [5, 5.41) is 3.67. The number of hydrogen-bond donors (Lipinski definition) is 1. The first-order chi connectivity index (χ1) is 8.58. The molecule has 2 unspecified atom stereocenters. The predicted octanol–water partition coefficient (Wildman–Crippen LogP) is 4.41. The summed E-state index contributed by atoms with van der Waals surface area (Å²) in [6.07, 6.45) is 7.87. The van der Waals surface area contributed by atoms with E-state index < -0.39 is 0 Å². The second-order valence-electron chi connectivity index (χ2n) is 5.91. The molecule has 2 nitrogen and oxygen atoms in total. The van der Waals surface area contributed by atoms with Gasteiger partial charge in [0.2, 0.25) is 0 Å². The van der Waals surface area contributed by atoms with E-state index >= 15 is 0 Å². The smallest absolute Gasteiger partial charge is 0.103 e. The van der Waals surface area contributed by atoms with Crippen LogP contribution in [0.3, 0.4) is 0 Å². The lowest BCUT2D eigenvalue weighted by Crippen LogP contribution is -2.34. The van der Waals surface area contributed by atoms with Gasteiger partial charge in [0.25, 0.3) is 0 Å². The molecule has 0 amide bonds. The van der Waals surface area contributed by atoms with E-state index in [2.05, 4.69) is 39.1 Å². The Morgan fingerprint density at radius 1 is 1.06 bits per heavy atom. The quantitative estimate of drug-likeness (QED) is 0.703. The van der Waals surface area contributed by atoms with Crippen molar-refractivity contribution in [2.75, 3.05) is 0 Å². The first-order valence-corrected chi connectivity index (χ1v) is 7.36. The zero-order chi connectivity index (χ0) is 13.4.